The second-order valence-corrected chi connectivity index (χ2v) is 6.64. The highest BCUT2D eigenvalue weighted by Gasteiger charge is 2.34. The van der Waals surface area contributed by atoms with Crippen molar-refractivity contribution in [3.05, 3.63) is 35.7 Å². The van der Waals surface area contributed by atoms with Crippen LogP contribution < -0.4 is 21.7 Å². The fourth-order valence-corrected chi connectivity index (χ4v) is 3.21. The van der Waals surface area contributed by atoms with Gasteiger partial charge in [0.1, 0.15) is 28.7 Å². The van der Waals surface area contributed by atoms with Crippen molar-refractivity contribution in [2.75, 3.05) is 29.0 Å². The molecule has 9 nitrogen and oxygen atoms in total. The number of amides is 1. The smallest absolute Gasteiger partial charge is 0.383 e. The average molecular weight is 406 g/mol. The van der Waals surface area contributed by atoms with Crippen LogP contribution in [0.3, 0.4) is 0 Å². The van der Waals surface area contributed by atoms with Gasteiger partial charge in [0.15, 0.2) is 5.65 Å². The highest BCUT2D eigenvalue weighted by Crippen LogP contribution is 2.33. The summed E-state index contributed by atoms with van der Waals surface area (Å²) < 4.78 is 41.2. The minimum absolute atomic E-state index is 0.0452. The summed E-state index contributed by atoms with van der Waals surface area (Å²) in [5, 5.41) is 6.75. The lowest BCUT2D eigenvalue weighted by Crippen LogP contribution is -2.21. The number of hydrogen-bond acceptors (Lipinski definition) is 7. The Hall–Kier alpha value is -3.57. The van der Waals surface area contributed by atoms with Crippen molar-refractivity contribution in [3.63, 3.8) is 0 Å². The van der Waals surface area contributed by atoms with E-state index >= 15 is 0 Å². The van der Waals surface area contributed by atoms with Crippen LogP contribution in [0, 0.1) is 0 Å². The molecule has 1 saturated heterocycles. The first kappa shape index (κ1) is 18.8. The standard InChI is InChI=1S/C17H17F3N8O/c18-17(19,20)11-5-9(6-14(25-11)27-3-1-2-4-27)24-13-7-12(21)28-16(26-13)10(8-23-28)15(22)29/h5-8H,1-4,21H2,(H2,22,29)(H,24,25,26). The Morgan fingerprint density at radius 2 is 1.86 bits per heavy atom. The zero-order chi connectivity index (χ0) is 20.8. The van der Waals surface area contributed by atoms with E-state index in [1.165, 1.54) is 22.8 Å². The molecule has 5 N–H and O–H groups in total. The van der Waals surface area contributed by atoms with E-state index in [0.717, 1.165) is 18.9 Å². The van der Waals surface area contributed by atoms with Crippen molar-refractivity contribution in [1.29, 1.82) is 0 Å². The van der Waals surface area contributed by atoms with Gasteiger partial charge in [-0.3, -0.25) is 4.79 Å². The zero-order valence-corrected chi connectivity index (χ0v) is 15.1. The number of nitrogens with two attached hydrogens (primary N) is 2. The van der Waals surface area contributed by atoms with Crippen LogP contribution >= 0.6 is 0 Å². The molecule has 152 valence electrons. The molecule has 1 aliphatic rings. The van der Waals surface area contributed by atoms with Gasteiger partial charge < -0.3 is 21.7 Å². The third-order valence-corrected chi connectivity index (χ3v) is 4.57. The maximum Gasteiger partial charge on any atom is 0.433 e. The molecule has 3 aromatic rings. The van der Waals surface area contributed by atoms with Gasteiger partial charge in [0.25, 0.3) is 5.91 Å². The van der Waals surface area contributed by atoms with Crippen LogP contribution in [0.1, 0.15) is 28.9 Å². The van der Waals surface area contributed by atoms with Crippen LogP contribution in [-0.4, -0.2) is 38.6 Å². The number of alkyl halides is 3. The molecule has 1 aliphatic heterocycles. The van der Waals surface area contributed by atoms with E-state index in [1.54, 1.807) is 4.90 Å². The Balaban J connectivity index is 1.76. The number of fused-ring (bicyclic) bond motifs is 1. The number of aromatic nitrogens is 4. The fraction of sp³-hybridized carbons (Fsp3) is 0.294. The first-order valence-corrected chi connectivity index (χ1v) is 8.78. The lowest BCUT2D eigenvalue weighted by atomic mass is 10.2. The summed E-state index contributed by atoms with van der Waals surface area (Å²) in [6, 6.07) is 3.81. The van der Waals surface area contributed by atoms with E-state index in [-0.39, 0.29) is 34.4 Å². The lowest BCUT2D eigenvalue weighted by Gasteiger charge is -2.19. The number of nitrogen functional groups attached to an aromatic ring is 1. The molecule has 0 spiro atoms. The molecule has 0 atom stereocenters. The van der Waals surface area contributed by atoms with Gasteiger partial charge in [-0.1, -0.05) is 0 Å². The van der Waals surface area contributed by atoms with Gasteiger partial charge in [-0.2, -0.15) is 22.8 Å². The van der Waals surface area contributed by atoms with E-state index in [2.05, 4.69) is 20.4 Å². The molecule has 1 fully saturated rings. The monoisotopic (exact) mass is 406 g/mol. The number of rotatable bonds is 4. The predicted molar refractivity (Wildman–Crippen MR) is 99.9 cm³/mol. The molecular formula is C17H17F3N8O. The molecule has 0 unspecified atom stereocenters. The van der Waals surface area contributed by atoms with Crippen LogP contribution in [0.4, 0.5) is 36.3 Å². The third-order valence-electron chi connectivity index (χ3n) is 4.57. The SMILES string of the molecule is NC(=O)c1cnn2c(N)cc(Nc3cc(N4CCCC4)nc(C(F)(F)F)c3)nc12. The topological polar surface area (TPSA) is 127 Å². The summed E-state index contributed by atoms with van der Waals surface area (Å²) in [6.45, 7) is 1.28. The summed E-state index contributed by atoms with van der Waals surface area (Å²) in [4.78, 5) is 21.3. The van der Waals surface area contributed by atoms with Crippen molar-refractivity contribution in [2.45, 2.75) is 19.0 Å². The van der Waals surface area contributed by atoms with E-state index in [9.17, 15) is 18.0 Å². The Kier molecular flexibility index (Phi) is 4.40. The number of carbonyl (C=O) groups is 1. The van der Waals surface area contributed by atoms with Gasteiger partial charge in [0.05, 0.1) is 6.20 Å². The van der Waals surface area contributed by atoms with E-state index in [1.807, 2.05) is 0 Å². The number of carbonyl (C=O) groups excluding carboxylic acids is 1. The van der Waals surface area contributed by atoms with Crippen molar-refractivity contribution >= 4 is 34.7 Å². The van der Waals surface area contributed by atoms with Crippen molar-refractivity contribution in [2.24, 2.45) is 5.73 Å². The molecule has 29 heavy (non-hydrogen) atoms. The number of pyridine rings is 1. The Labute approximate surface area is 162 Å². The molecule has 0 saturated carbocycles. The number of primary amides is 1. The molecule has 12 heteroatoms. The van der Waals surface area contributed by atoms with Crippen LogP contribution in [0.5, 0.6) is 0 Å². The summed E-state index contributed by atoms with van der Waals surface area (Å²) in [7, 11) is 0. The third kappa shape index (κ3) is 3.60. The van der Waals surface area contributed by atoms with Crippen LogP contribution in [-0.2, 0) is 6.18 Å². The van der Waals surface area contributed by atoms with E-state index < -0.39 is 17.8 Å². The molecule has 0 aromatic carbocycles. The molecule has 0 aliphatic carbocycles. The maximum absolute atomic E-state index is 13.3. The van der Waals surface area contributed by atoms with Crippen molar-refractivity contribution in [1.82, 2.24) is 19.6 Å². The Morgan fingerprint density at radius 3 is 2.52 bits per heavy atom. The largest absolute Gasteiger partial charge is 0.433 e. The predicted octanol–water partition coefficient (Wildman–Crippen LogP) is 2.17. The Morgan fingerprint density at radius 1 is 1.14 bits per heavy atom. The molecular weight excluding hydrogens is 389 g/mol. The minimum Gasteiger partial charge on any atom is -0.383 e. The molecule has 3 aromatic heterocycles. The Bertz CT molecular complexity index is 1090. The normalized spacial score (nSPS) is 14.5. The summed E-state index contributed by atoms with van der Waals surface area (Å²) in [5.74, 6) is -0.237. The molecule has 0 radical (unpaired) electrons. The first-order chi connectivity index (χ1) is 13.7. The van der Waals surface area contributed by atoms with Gasteiger partial charge in [-0.05, 0) is 18.9 Å². The molecule has 1 amide bonds. The van der Waals surface area contributed by atoms with Crippen LogP contribution in [0.2, 0.25) is 0 Å². The van der Waals surface area contributed by atoms with Gasteiger partial charge in [0, 0.05) is 30.9 Å². The molecule has 0 bridgehead atoms. The van der Waals surface area contributed by atoms with E-state index in [0.29, 0.717) is 13.1 Å². The first-order valence-electron chi connectivity index (χ1n) is 8.78. The highest BCUT2D eigenvalue weighted by molar-refractivity contribution is 5.98. The molecule has 4 rings (SSSR count). The van der Waals surface area contributed by atoms with Crippen LogP contribution in [0.25, 0.3) is 5.65 Å². The quantitative estimate of drug-likeness (QED) is 0.606. The zero-order valence-electron chi connectivity index (χ0n) is 15.1. The average Bonchev–Trinajstić information content (AvgIpc) is 3.30. The van der Waals surface area contributed by atoms with Gasteiger partial charge in [-0.25, -0.2) is 9.97 Å². The molecule has 4 heterocycles. The van der Waals surface area contributed by atoms with Crippen molar-refractivity contribution in [3.8, 4) is 0 Å². The number of halogens is 3. The summed E-state index contributed by atoms with van der Waals surface area (Å²) in [6.07, 6.45) is -1.59. The number of hydrogen-bond donors (Lipinski definition) is 3. The van der Waals surface area contributed by atoms with E-state index in [4.69, 9.17) is 11.5 Å². The number of anilines is 4. The highest BCUT2D eigenvalue weighted by atomic mass is 19.4. The number of nitrogens with zero attached hydrogens (tertiary/aromatic N) is 5. The van der Waals surface area contributed by atoms with Crippen molar-refractivity contribution < 1.29 is 18.0 Å². The fourth-order valence-electron chi connectivity index (χ4n) is 3.21. The van der Waals surface area contributed by atoms with Crippen LogP contribution in [0.15, 0.2) is 24.4 Å². The van der Waals surface area contributed by atoms with Gasteiger partial charge in [0.2, 0.25) is 0 Å². The lowest BCUT2D eigenvalue weighted by molar-refractivity contribution is -0.141. The number of nitrogens with one attached hydrogen (secondary N) is 1. The second-order valence-electron chi connectivity index (χ2n) is 6.64. The summed E-state index contributed by atoms with van der Waals surface area (Å²) in [5.41, 5.74) is 10.5. The minimum atomic E-state index is -4.60. The van der Waals surface area contributed by atoms with Gasteiger partial charge in [-0.15, -0.1) is 0 Å². The second kappa shape index (κ2) is 6.79. The summed E-state index contributed by atoms with van der Waals surface area (Å²) >= 11 is 0. The maximum atomic E-state index is 13.3. The van der Waals surface area contributed by atoms with Gasteiger partial charge >= 0.3 is 6.18 Å².